The van der Waals surface area contributed by atoms with Gasteiger partial charge in [0.05, 0.1) is 18.3 Å². The highest BCUT2D eigenvalue weighted by Crippen LogP contribution is 2.37. The third-order valence-corrected chi connectivity index (χ3v) is 4.19. The Bertz CT molecular complexity index is 224. The van der Waals surface area contributed by atoms with Crippen molar-refractivity contribution in [1.82, 2.24) is 0 Å². The zero-order valence-electron chi connectivity index (χ0n) is 11.0. The van der Waals surface area contributed by atoms with Gasteiger partial charge in [0.2, 0.25) is 0 Å². The van der Waals surface area contributed by atoms with E-state index in [1.807, 2.05) is 0 Å². The van der Waals surface area contributed by atoms with Gasteiger partial charge in [-0.05, 0) is 38.0 Å². The monoisotopic (exact) mass is 242 g/mol. The van der Waals surface area contributed by atoms with Crippen LogP contribution in [0.5, 0.6) is 0 Å². The van der Waals surface area contributed by atoms with Crippen LogP contribution < -0.4 is 0 Å². The predicted octanol–water partition coefficient (Wildman–Crippen LogP) is 2.51. The van der Waals surface area contributed by atoms with Gasteiger partial charge < -0.3 is 14.6 Å². The van der Waals surface area contributed by atoms with Crippen molar-refractivity contribution in [2.45, 2.75) is 63.6 Å². The quantitative estimate of drug-likeness (QED) is 0.805. The van der Waals surface area contributed by atoms with Crippen molar-refractivity contribution in [2.24, 2.45) is 5.92 Å². The summed E-state index contributed by atoms with van der Waals surface area (Å²) in [5.41, 5.74) is 0.0264. The molecule has 100 valence electrons. The fraction of sp³-hybridized carbons (Fsp3) is 1.00. The first kappa shape index (κ1) is 13.3. The Kier molecular flexibility index (Phi) is 4.83. The van der Waals surface area contributed by atoms with E-state index < -0.39 is 0 Å². The second-order valence-electron chi connectivity index (χ2n) is 5.71. The molecule has 2 fully saturated rings. The molecule has 3 heteroatoms. The van der Waals surface area contributed by atoms with E-state index in [-0.39, 0.29) is 11.7 Å². The van der Waals surface area contributed by atoms with Gasteiger partial charge in [-0.25, -0.2) is 0 Å². The molecule has 1 N–H and O–H groups in total. The van der Waals surface area contributed by atoms with Crippen LogP contribution in [0, 0.1) is 5.92 Å². The summed E-state index contributed by atoms with van der Waals surface area (Å²) < 4.78 is 11.4. The lowest BCUT2D eigenvalue weighted by molar-refractivity contribution is -0.0999. The smallest absolute Gasteiger partial charge is 0.0939 e. The Hall–Kier alpha value is -0.120. The molecule has 0 aliphatic carbocycles. The van der Waals surface area contributed by atoms with Crippen molar-refractivity contribution < 1.29 is 14.6 Å². The van der Waals surface area contributed by atoms with E-state index in [9.17, 15) is 5.11 Å². The molecule has 0 saturated carbocycles. The minimum atomic E-state index is -0.0985. The van der Waals surface area contributed by atoms with Crippen molar-refractivity contribution >= 4 is 0 Å². The van der Waals surface area contributed by atoms with Crippen LogP contribution in [0.2, 0.25) is 0 Å². The fourth-order valence-electron chi connectivity index (χ4n) is 3.14. The van der Waals surface area contributed by atoms with Gasteiger partial charge in [0.25, 0.3) is 0 Å². The molecule has 2 aliphatic rings. The van der Waals surface area contributed by atoms with Crippen molar-refractivity contribution in [3.63, 3.8) is 0 Å². The lowest BCUT2D eigenvalue weighted by Crippen LogP contribution is -2.40. The van der Waals surface area contributed by atoms with Gasteiger partial charge in [0.15, 0.2) is 0 Å². The second-order valence-corrected chi connectivity index (χ2v) is 5.71. The molecule has 0 amide bonds. The van der Waals surface area contributed by atoms with Crippen LogP contribution >= 0.6 is 0 Å². The van der Waals surface area contributed by atoms with Crippen molar-refractivity contribution in [3.8, 4) is 0 Å². The molecule has 0 aromatic rings. The number of aliphatic hydroxyl groups excluding tert-OH is 1. The van der Waals surface area contributed by atoms with E-state index >= 15 is 0 Å². The molecule has 2 heterocycles. The largest absolute Gasteiger partial charge is 0.393 e. The first-order chi connectivity index (χ1) is 8.24. The maximum absolute atomic E-state index is 9.78. The maximum atomic E-state index is 9.78. The minimum Gasteiger partial charge on any atom is -0.393 e. The summed E-state index contributed by atoms with van der Waals surface area (Å²) >= 11 is 0. The van der Waals surface area contributed by atoms with Crippen molar-refractivity contribution in [2.75, 3.05) is 19.8 Å². The first-order valence-corrected chi connectivity index (χ1v) is 7.14. The highest BCUT2D eigenvalue weighted by atomic mass is 16.6. The minimum absolute atomic E-state index is 0.0264. The Morgan fingerprint density at radius 1 is 1.35 bits per heavy atom. The van der Waals surface area contributed by atoms with Gasteiger partial charge in [-0.3, -0.25) is 0 Å². The van der Waals surface area contributed by atoms with Crippen LogP contribution in [0.3, 0.4) is 0 Å². The topological polar surface area (TPSA) is 38.7 Å². The predicted molar refractivity (Wildman–Crippen MR) is 67.0 cm³/mol. The average molecular weight is 242 g/mol. The normalized spacial score (nSPS) is 35.3. The summed E-state index contributed by atoms with van der Waals surface area (Å²) in [6.07, 6.45) is 7.36. The van der Waals surface area contributed by atoms with Gasteiger partial charge in [-0.15, -0.1) is 0 Å². The molecule has 17 heavy (non-hydrogen) atoms. The van der Waals surface area contributed by atoms with Gasteiger partial charge in [-0.2, -0.15) is 0 Å². The van der Waals surface area contributed by atoms with Crippen LogP contribution in [0.25, 0.3) is 0 Å². The first-order valence-electron chi connectivity index (χ1n) is 7.14. The SMILES string of the molecule is CCCC(O)CCC1CCOC2(CCOC2)C1. The molecule has 3 nitrogen and oxygen atoms in total. The Balaban J connectivity index is 1.74. The second kappa shape index (κ2) is 6.17. The van der Waals surface area contributed by atoms with E-state index in [0.717, 1.165) is 70.7 Å². The van der Waals surface area contributed by atoms with E-state index in [1.54, 1.807) is 0 Å². The number of aliphatic hydroxyl groups is 1. The molecule has 0 bridgehead atoms. The van der Waals surface area contributed by atoms with E-state index in [2.05, 4.69) is 6.92 Å². The Morgan fingerprint density at radius 3 is 2.94 bits per heavy atom. The summed E-state index contributed by atoms with van der Waals surface area (Å²) in [4.78, 5) is 0. The number of hydrogen-bond donors (Lipinski definition) is 1. The molecule has 3 atom stereocenters. The number of ether oxygens (including phenoxy) is 2. The molecular weight excluding hydrogens is 216 g/mol. The highest BCUT2D eigenvalue weighted by molar-refractivity contribution is 4.90. The fourth-order valence-corrected chi connectivity index (χ4v) is 3.14. The molecule has 3 unspecified atom stereocenters. The molecule has 0 aromatic carbocycles. The van der Waals surface area contributed by atoms with Crippen LogP contribution in [0.4, 0.5) is 0 Å². The van der Waals surface area contributed by atoms with Crippen molar-refractivity contribution in [3.05, 3.63) is 0 Å². The lowest BCUT2D eigenvalue weighted by atomic mass is 9.82. The standard InChI is InChI=1S/C14H26O3/c1-2-3-13(15)5-4-12-6-8-17-14(10-12)7-9-16-11-14/h12-13,15H,2-11H2,1H3. The molecule has 2 aliphatic heterocycles. The third kappa shape index (κ3) is 3.67. The third-order valence-electron chi connectivity index (χ3n) is 4.19. The van der Waals surface area contributed by atoms with Crippen LogP contribution in [-0.2, 0) is 9.47 Å². The molecule has 2 rings (SSSR count). The molecule has 0 aromatic heterocycles. The molecule has 1 spiro atoms. The number of rotatable bonds is 5. The Labute approximate surface area is 104 Å². The van der Waals surface area contributed by atoms with Gasteiger partial charge in [-0.1, -0.05) is 13.3 Å². The van der Waals surface area contributed by atoms with Gasteiger partial charge >= 0.3 is 0 Å². The molecule has 0 radical (unpaired) electrons. The summed E-state index contributed by atoms with van der Waals surface area (Å²) in [6.45, 7) is 4.63. The molecule has 2 saturated heterocycles. The van der Waals surface area contributed by atoms with Gasteiger partial charge in [0, 0.05) is 19.6 Å². The summed E-state index contributed by atoms with van der Waals surface area (Å²) in [5.74, 6) is 0.719. The average Bonchev–Trinajstić information content (AvgIpc) is 2.75. The van der Waals surface area contributed by atoms with Crippen LogP contribution in [0.15, 0.2) is 0 Å². The van der Waals surface area contributed by atoms with Crippen molar-refractivity contribution in [1.29, 1.82) is 0 Å². The summed E-state index contributed by atoms with van der Waals surface area (Å²) in [6, 6.07) is 0. The summed E-state index contributed by atoms with van der Waals surface area (Å²) in [7, 11) is 0. The van der Waals surface area contributed by atoms with E-state index in [0.29, 0.717) is 0 Å². The zero-order chi connectivity index (χ0) is 12.1. The number of hydrogen-bond acceptors (Lipinski definition) is 3. The van der Waals surface area contributed by atoms with Crippen LogP contribution in [0.1, 0.15) is 51.9 Å². The van der Waals surface area contributed by atoms with E-state index in [4.69, 9.17) is 9.47 Å². The zero-order valence-corrected chi connectivity index (χ0v) is 11.0. The highest BCUT2D eigenvalue weighted by Gasteiger charge is 2.40. The lowest BCUT2D eigenvalue weighted by Gasteiger charge is -2.37. The van der Waals surface area contributed by atoms with E-state index in [1.165, 1.54) is 0 Å². The van der Waals surface area contributed by atoms with Gasteiger partial charge in [0.1, 0.15) is 0 Å². The molecular formula is C14H26O3. The maximum Gasteiger partial charge on any atom is 0.0939 e. The van der Waals surface area contributed by atoms with Crippen LogP contribution in [-0.4, -0.2) is 36.6 Å². The Morgan fingerprint density at radius 2 is 2.24 bits per heavy atom. The summed E-state index contributed by atoms with van der Waals surface area (Å²) in [5, 5.41) is 9.78.